The number of halogens is 4. The van der Waals surface area contributed by atoms with Gasteiger partial charge in [0, 0.05) is 50.2 Å². The van der Waals surface area contributed by atoms with Gasteiger partial charge in [-0.25, -0.2) is 22.9 Å². The summed E-state index contributed by atoms with van der Waals surface area (Å²) in [6.45, 7) is 1.98. The van der Waals surface area contributed by atoms with E-state index in [4.69, 9.17) is 0 Å². The number of likely N-dealkylation sites (tertiary alicyclic amines) is 1. The zero-order valence-electron chi connectivity index (χ0n) is 15.9. The Hall–Kier alpha value is -2.30. The van der Waals surface area contributed by atoms with Crippen LogP contribution in [0.15, 0.2) is 29.4 Å². The van der Waals surface area contributed by atoms with E-state index in [2.05, 4.69) is 15.4 Å². The number of aromatic nitrogens is 3. The predicted molar refractivity (Wildman–Crippen MR) is 101 cm³/mol. The Labute approximate surface area is 169 Å². The topological polar surface area (TPSA) is 63.1 Å². The first kappa shape index (κ1) is 21.4. The maximum Gasteiger partial charge on any atom is 0.321 e. The number of alkyl halides is 3. The summed E-state index contributed by atoms with van der Waals surface area (Å²) in [6.07, 6.45) is 0.610. The maximum absolute atomic E-state index is 15.3. The molecule has 1 aliphatic heterocycles. The van der Waals surface area contributed by atoms with Crippen LogP contribution in [-0.4, -0.2) is 43.8 Å². The number of carbonyl (C=O) groups is 1. The zero-order valence-corrected chi connectivity index (χ0v) is 16.7. The van der Waals surface area contributed by atoms with E-state index in [-0.39, 0.29) is 10.6 Å². The molecule has 158 valence electrons. The molecule has 0 saturated carbocycles. The molecule has 1 atom stereocenters. The van der Waals surface area contributed by atoms with Crippen LogP contribution in [0.2, 0.25) is 0 Å². The summed E-state index contributed by atoms with van der Waals surface area (Å²) >= 11 is 0.744. The molecular weight excluding hydrogens is 410 g/mol. The number of aryl methyl sites for hydroxylation is 1. The summed E-state index contributed by atoms with van der Waals surface area (Å²) < 4.78 is 55.9. The van der Waals surface area contributed by atoms with Gasteiger partial charge in [0.2, 0.25) is 5.95 Å². The van der Waals surface area contributed by atoms with Crippen LogP contribution in [-0.2, 0) is 7.05 Å². The third-order valence-corrected chi connectivity index (χ3v) is 6.09. The molecule has 1 saturated heterocycles. The van der Waals surface area contributed by atoms with Crippen molar-refractivity contribution in [2.45, 2.75) is 36.1 Å². The van der Waals surface area contributed by atoms with Crippen LogP contribution in [0.1, 0.15) is 31.9 Å². The maximum atomic E-state index is 15.3. The van der Waals surface area contributed by atoms with E-state index >= 15 is 4.39 Å². The molecule has 2 aromatic heterocycles. The van der Waals surface area contributed by atoms with E-state index in [9.17, 15) is 18.0 Å². The van der Waals surface area contributed by atoms with Gasteiger partial charge < -0.3 is 10.2 Å². The summed E-state index contributed by atoms with van der Waals surface area (Å²) in [6, 6.07) is 2.17. The number of hydrogen-bond acceptors (Lipinski definition) is 4. The fourth-order valence-corrected chi connectivity index (χ4v) is 4.57. The monoisotopic (exact) mass is 431 g/mol. The number of nitrogens with zero attached hydrogens (tertiary/aromatic N) is 4. The van der Waals surface area contributed by atoms with Crippen molar-refractivity contribution >= 4 is 23.5 Å². The first-order valence-electron chi connectivity index (χ1n) is 9.03. The van der Waals surface area contributed by atoms with Crippen LogP contribution in [0.4, 0.5) is 28.0 Å². The molecule has 6 nitrogen and oxygen atoms in total. The summed E-state index contributed by atoms with van der Waals surface area (Å²) in [7, 11) is 1.51. The van der Waals surface area contributed by atoms with Gasteiger partial charge in [0.15, 0.2) is 5.00 Å². The Morgan fingerprint density at radius 3 is 2.69 bits per heavy atom. The van der Waals surface area contributed by atoms with Crippen LogP contribution in [0.5, 0.6) is 0 Å². The van der Waals surface area contributed by atoms with Gasteiger partial charge in [-0.2, -0.15) is 9.49 Å². The number of thioether (sulfide) groups is 1. The lowest BCUT2D eigenvalue weighted by atomic mass is 9.92. The van der Waals surface area contributed by atoms with Gasteiger partial charge in [0.25, 0.3) is 6.43 Å². The number of pyridine rings is 1. The number of hydrogen-bond donors (Lipinski definition) is 1. The summed E-state index contributed by atoms with van der Waals surface area (Å²) in [5.41, 5.74) is -0.144. The largest absolute Gasteiger partial charge is 0.325 e. The second-order valence-electron chi connectivity index (χ2n) is 7.00. The third kappa shape index (κ3) is 5.20. The molecule has 0 aliphatic carbocycles. The van der Waals surface area contributed by atoms with Gasteiger partial charge in [-0.15, -0.1) is 0 Å². The minimum atomic E-state index is -2.78. The standard InChI is InChI=1S/C18H21F4N5OS/c1-18(22,29-13-10-26(2)25-15(13)16(20)21)11-4-7-27(8-5-11)17(28)24-12-3-6-23-14(19)9-12/h3,6,9-11,16H,4-5,7-8H2,1-2H3,(H,23,24,28)/t18-/m1/s1. The molecule has 0 unspecified atom stereocenters. The summed E-state index contributed by atoms with van der Waals surface area (Å²) in [5, 5.41) is 4.50. The fourth-order valence-electron chi connectivity index (χ4n) is 3.29. The second-order valence-corrected chi connectivity index (χ2v) is 8.44. The van der Waals surface area contributed by atoms with Crippen molar-refractivity contribution in [1.29, 1.82) is 0 Å². The Bertz CT molecular complexity index is 868. The van der Waals surface area contributed by atoms with Crippen molar-refractivity contribution in [2.24, 2.45) is 13.0 Å². The van der Waals surface area contributed by atoms with Crippen molar-refractivity contribution in [2.75, 3.05) is 18.4 Å². The highest BCUT2D eigenvalue weighted by Gasteiger charge is 2.40. The molecule has 1 aliphatic rings. The van der Waals surface area contributed by atoms with Crippen molar-refractivity contribution in [1.82, 2.24) is 19.7 Å². The fraction of sp³-hybridized carbons (Fsp3) is 0.500. The van der Waals surface area contributed by atoms with Crippen LogP contribution in [0.3, 0.4) is 0 Å². The molecule has 0 bridgehead atoms. The van der Waals surface area contributed by atoms with Crippen molar-refractivity contribution in [3.05, 3.63) is 36.2 Å². The molecule has 1 fully saturated rings. The van der Waals surface area contributed by atoms with Crippen molar-refractivity contribution in [3.8, 4) is 0 Å². The van der Waals surface area contributed by atoms with Crippen molar-refractivity contribution < 1.29 is 22.4 Å². The van der Waals surface area contributed by atoms with E-state index < -0.39 is 35.0 Å². The van der Waals surface area contributed by atoms with Gasteiger partial charge in [0.05, 0.1) is 4.90 Å². The molecule has 11 heteroatoms. The second kappa shape index (κ2) is 8.60. The van der Waals surface area contributed by atoms with E-state index in [0.29, 0.717) is 25.9 Å². The highest BCUT2D eigenvalue weighted by Crippen LogP contribution is 2.46. The number of anilines is 1. The highest BCUT2D eigenvalue weighted by molar-refractivity contribution is 8.00. The van der Waals surface area contributed by atoms with E-state index in [1.807, 2.05) is 0 Å². The predicted octanol–water partition coefficient (Wildman–Crippen LogP) is 4.61. The normalized spacial score (nSPS) is 17.4. The molecule has 0 spiro atoms. The van der Waals surface area contributed by atoms with E-state index in [1.54, 1.807) is 0 Å². The smallest absolute Gasteiger partial charge is 0.321 e. The number of amides is 2. The lowest BCUT2D eigenvalue weighted by Gasteiger charge is -2.37. The minimum Gasteiger partial charge on any atom is -0.325 e. The third-order valence-electron chi connectivity index (χ3n) is 4.83. The molecule has 0 aromatic carbocycles. The number of carbonyl (C=O) groups excluding carboxylic acids is 1. The summed E-state index contributed by atoms with van der Waals surface area (Å²) in [5.74, 6) is -1.12. The quantitative estimate of drug-likeness (QED) is 0.427. The van der Waals surface area contributed by atoms with Gasteiger partial charge >= 0.3 is 6.03 Å². The SMILES string of the molecule is Cn1cc(S[C@@](C)(F)C2CCN(C(=O)Nc3ccnc(F)c3)CC2)c(C(F)F)n1. The molecule has 1 N–H and O–H groups in total. The lowest BCUT2D eigenvalue weighted by Crippen LogP contribution is -2.44. The Balaban J connectivity index is 1.58. The van der Waals surface area contributed by atoms with Gasteiger partial charge in [-0.05, 0) is 25.8 Å². The molecule has 2 aromatic rings. The first-order chi connectivity index (χ1) is 13.7. The molecular formula is C18H21F4N5OS. The Morgan fingerprint density at radius 2 is 2.07 bits per heavy atom. The molecule has 3 rings (SSSR count). The molecule has 3 heterocycles. The van der Waals surface area contributed by atoms with Gasteiger partial charge in [-0.3, -0.25) is 4.68 Å². The zero-order chi connectivity index (χ0) is 21.2. The number of piperidine rings is 1. The lowest BCUT2D eigenvalue weighted by molar-refractivity contribution is 0.123. The van der Waals surface area contributed by atoms with E-state index in [0.717, 1.165) is 17.8 Å². The number of urea groups is 1. The number of rotatable bonds is 5. The number of nitrogens with one attached hydrogen (secondary N) is 1. The Morgan fingerprint density at radius 1 is 1.38 bits per heavy atom. The van der Waals surface area contributed by atoms with Gasteiger partial charge in [0.1, 0.15) is 5.69 Å². The molecule has 2 amide bonds. The van der Waals surface area contributed by atoms with Gasteiger partial charge in [-0.1, -0.05) is 11.8 Å². The summed E-state index contributed by atoms with van der Waals surface area (Å²) in [4.78, 5) is 17.4. The molecule has 29 heavy (non-hydrogen) atoms. The Kier molecular flexibility index (Phi) is 6.35. The van der Waals surface area contributed by atoms with Crippen LogP contribution in [0, 0.1) is 11.9 Å². The minimum absolute atomic E-state index is 0.118. The van der Waals surface area contributed by atoms with E-state index in [1.165, 1.54) is 42.0 Å². The first-order valence-corrected chi connectivity index (χ1v) is 9.84. The van der Waals surface area contributed by atoms with Crippen LogP contribution < -0.4 is 5.32 Å². The molecule has 0 radical (unpaired) electrons. The van der Waals surface area contributed by atoms with Crippen LogP contribution >= 0.6 is 11.8 Å². The van der Waals surface area contributed by atoms with Crippen molar-refractivity contribution in [3.63, 3.8) is 0 Å². The average molecular weight is 431 g/mol. The average Bonchev–Trinajstić information content (AvgIpc) is 3.01. The highest BCUT2D eigenvalue weighted by atomic mass is 32.2. The van der Waals surface area contributed by atoms with Crippen LogP contribution in [0.25, 0.3) is 0 Å².